The van der Waals surface area contributed by atoms with E-state index in [1.807, 2.05) is 48.7 Å². The molecule has 3 aromatic heterocycles. The molecule has 8 heteroatoms. The molecule has 0 atom stereocenters. The lowest BCUT2D eigenvalue weighted by Gasteiger charge is -2.15. The van der Waals surface area contributed by atoms with Gasteiger partial charge in [0, 0.05) is 46.4 Å². The van der Waals surface area contributed by atoms with E-state index in [1.54, 1.807) is 0 Å². The van der Waals surface area contributed by atoms with Crippen molar-refractivity contribution in [3.8, 4) is 23.5 Å². The molecule has 0 bridgehead atoms. The maximum Gasteiger partial charge on any atom is 0.333 e. The number of pyridine rings is 2. The number of hydrogen-bond donors (Lipinski definition) is 1. The number of nitrogens with one attached hydrogen (secondary N) is 1. The van der Waals surface area contributed by atoms with Crippen molar-refractivity contribution in [3.05, 3.63) is 70.1 Å². The summed E-state index contributed by atoms with van der Waals surface area (Å²) < 4.78 is 38.5. The maximum absolute atomic E-state index is 13.7. The summed E-state index contributed by atoms with van der Waals surface area (Å²) in [4.78, 5) is 20.4. The molecule has 0 spiro atoms. The summed E-state index contributed by atoms with van der Waals surface area (Å²) in [6.07, 6.45) is 8.60. The third kappa shape index (κ3) is 3.28. The molecule has 170 valence electrons. The Hall–Kier alpha value is -3.96. The molecule has 0 amide bonds. The van der Waals surface area contributed by atoms with Gasteiger partial charge in [0.1, 0.15) is 10.5 Å². The van der Waals surface area contributed by atoms with Gasteiger partial charge in [0.2, 0.25) is 0 Å². The van der Waals surface area contributed by atoms with Crippen LogP contribution in [-0.2, 0) is 23.2 Å². The summed E-state index contributed by atoms with van der Waals surface area (Å²) >= 11 is 0. The van der Waals surface area contributed by atoms with Crippen molar-refractivity contribution in [2.24, 2.45) is 0 Å². The van der Waals surface area contributed by atoms with Gasteiger partial charge in [0.25, 0.3) is 0 Å². The van der Waals surface area contributed by atoms with Crippen molar-refractivity contribution in [2.45, 2.75) is 31.7 Å². The van der Waals surface area contributed by atoms with Gasteiger partial charge in [-0.2, -0.15) is 8.42 Å². The predicted molar refractivity (Wildman–Crippen MR) is 132 cm³/mol. The second-order valence-electron chi connectivity index (χ2n) is 8.05. The summed E-state index contributed by atoms with van der Waals surface area (Å²) in [7, 11) is -4.90. The third-order valence-corrected chi connectivity index (χ3v) is 6.99. The van der Waals surface area contributed by atoms with Crippen molar-refractivity contribution >= 4 is 43.1 Å². The topological polar surface area (TPSA) is 84.8 Å². The fourth-order valence-corrected chi connectivity index (χ4v) is 5.04. The smallest absolute Gasteiger partial charge is 0.333 e. The maximum atomic E-state index is 13.7. The highest BCUT2D eigenvalue weighted by molar-refractivity contribution is 7.86. The second-order valence-corrected chi connectivity index (χ2v) is 9.40. The summed E-state index contributed by atoms with van der Waals surface area (Å²) in [6, 6.07) is 10.5. The van der Waals surface area contributed by atoms with Gasteiger partial charge in [0.05, 0.1) is 10.9 Å². The van der Waals surface area contributed by atoms with Crippen LogP contribution in [0.2, 0.25) is 0 Å². The molecule has 0 aliphatic heterocycles. The molecule has 0 saturated heterocycles. The van der Waals surface area contributed by atoms with Gasteiger partial charge in [-0.05, 0) is 54.8 Å². The molecule has 5 aromatic rings. The van der Waals surface area contributed by atoms with Crippen LogP contribution in [0.15, 0.2) is 58.5 Å². The van der Waals surface area contributed by atoms with E-state index < -0.39 is 15.1 Å². The molecule has 3 heterocycles. The first-order valence-corrected chi connectivity index (χ1v) is 12.2. The summed E-state index contributed by atoms with van der Waals surface area (Å²) in [6.45, 7) is 4.49. The Balaban J connectivity index is 1.90. The zero-order valence-electron chi connectivity index (χ0n) is 18.5. The number of aryl methyl sites for hydroxylation is 2. The average Bonchev–Trinajstić information content (AvgIpc) is 3.21. The molecule has 0 aliphatic rings. The van der Waals surface area contributed by atoms with E-state index in [-0.39, 0.29) is 5.43 Å². The minimum absolute atomic E-state index is 0.103. The lowest BCUT2D eigenvalue weighted by molar-refractivity contribution is 0.551. The Kier molecular flexibility index (Phi) is 5.03. The van der Waals surface area contributed by atoms with Crippen molar-refractivity contribution in [1.82, 2.24) is 14.5 Å². The van der Waals surface area contributed by atoms with E-state index in [0.717, 1.165) is 22.7 Å². The van der Waals surface area contributed by atoms with Crippen molar-refractivity contribution in [3.63, 3.8) is 0 Å². The number of terminal acetylenes is 1. The molecule has 0 unspecified atom stereocenters. The van der Waals surface area contributed by atoms with Crippen LogP contribution in [0.1, 0.15) is 25.0 Å². The van der Waals surface area contributed by atoms with Crippen LogP contribution in [-0.4, -0.2) is 23.0 Å². The van der Waals surface area contributed by atoms with Gasteiger partial charge in [-0.3, -0.25) is 9.78 Å². The lowest BCUT2D eigenvalue weighted by atomic mass is 9.96. The van der Waals surface area contributed by atoms with Gasteiger partial charge in [-0.25, -0.2) is 0 Å². The van der Waals surface area contributed by atoms with Gasteiger partial charge >= 0.3 is 10.2 Å². The molecule has 0 aliphatic carbocycles. The fraction of sp³-hybridized carbons (Fsp3) is 0.154. The SMILES string of the molecule is C#Cc1ccc2c(c1)[nH]c1c2c(=O)c2cc(CC)c(-c3cncc(S(=O)(=O)F)c3)cc2n1CC. The first-order valence-electron chi connectivity index (χ1n) is 10.8. The number of benzene rings is 2. The van der Waals surface area contributed by atoms with E-state index in [1.165, 1.54) is 12.3 Å². The van der Waals surface area contributed by atoms with Crippen LogP contribution in [0.3, 0.4) is 0 Å². The number of aromatic nitrogens is 3. The molecular weight excluding hydrogens is 453 g/mol. The van der Waals surface area contributed by atoms with Crippen molar-refractivity contribution in [1.29, 1.82) is 0 Å². The molecule has 5 rings (SSSR count). The number of hydrogen-bond acceptors (Lipinski definition) is 4. The number of aromatic amines is 1. The van der Waals surface area contributed by atoms with Crippen LogP contribution >= 0.6 is 0 Å². The Labute approximate surface area is 195 Å². The minimum atomic E-state index is -4.90. The van der Waals surface area contributed by atoms with E-state index in [2.05, 4.69) is 15.9 Å². The van der Waals surface area contributed by atoms with Crippen LogP contribution < -0.4 is 5.43 Å². The quantitative estimate of drug-likeness (QED) is 0.297. The number of nitrogens with zero attached hydrogens (tertiary/aromatic N) is 2. The van der Waals surface area contributed by atoms with Gasteiger partial charge in [-0.15, -0.1) is 10.3 Å². The number of halogens is 1. The van der Waals surface area contributed by atoms with E-state index >= 15 is 0 Å². The molecule has 0 saturated carbocycles. The molecule has 0 radical (unpaired) electrons. The predicted octanol–water partition coefficient (Wildman–Crippen LogP) is 4.92. The molecule has 1 N–H and O–H groups in total. The Morgan fingerprint density at radius 1 is 1.12 bits per heavy atom. The highest BCUT2D eigenvalue weighted by atomic mass is 32.3. The molecule has 2 aromatic carbocycles. The average molecular weight is 474 g/mol. The standard InChI is InChI=1S/C26H20FN3O3S/c1-4-15-7-8-19-22(9-15)29-26-24(19)25(31)21-11-16(5-2)20(12-23(21)30(26)6-3)17-10-18(14-28-13-17)34(27,32)33/h1,7-14,29H,5-6H2,2-3H3. The Morgan fingerprint density at radius 2 is 1.91 bits per heavy atom. The lowest BCUT2D eigenvalue weighted by Crippen LogP contribution is -2.11. The molecule has 6 nitrogen and oxygen atoms in total. The monoisotopic (exact) mass is 473 g/mol. The largest absolute Gasteiger partial charge is 0.340 e. The fourth-order valence-electron chi connectivity index (χ4n) is 4.59. The van der Waals surface area contributed by atoms with Gasteiger partial charge in [-0.1, -0.05) is 18.9 Å². The van der Waals surface area contributed by atoms with E-state index in [0.29, 0.717) is 51.6 Å². The molecule has 34 heavy (non-hydrogen) atoms. The number of H-pyrrole nitrogens is 1. The molecular formula is C26H20FN3O3S. The summed E-state index contributed by atoms with van der Waals surface area (Å²) in [5.41, 5.74) is 4.74. The second kappa shape index (κ2) is 7.82. The van der Waals surface area contributed by atoms with Crippen LogP contribution in [0.5, 0.6) is 0 Å². The van der Waals surface area contributed by atoms with Crippen LogP contribution in [0, 0.1) is 12.3 Å². The zero-order valence-corrected chi connectivity index (χ0v) is 19.3. The zero-order chi connectivity index (χ0) is 24.2. The van der Waals surface area contributed by atoms with Crippen LogP contribution in [0.25, 0.3) is 44.0 Å². The van der Waals surface area contributed by atoms with Gasteiger partial charge in [0.15, 0.2) is 5.43 Å². The Morgan fingerprint density at radius 3 is 2.59 bits per heavy atom. The van der Waals surface area contributed by atoms with Gasteiger partial charge < -0.3 is 9.55 Å². The van der Waals surface area contributed by atoms with Crippen molar-refractivity contribution < 1.29 is 12.3 Å². The third-order valence-electron chi connectivity index (χ3n) is 6.20. The number of rotatable bonds is 4. The summed E-state index contributed by atoms with van der Waals surface area (Å²) in [5.74, 6) is 2.61. The summed E-state index contributed by atoms with van der Waals surface area (Å²) in [5, 5.41) is 1.95. The first-order chi connectivity index (χ1) is 16.3. The van der Waals surface area contributed by atoms with E-state index in [4.69, 9.17) is 6.42 Å². The highest BCUT2D eigenvalue weighted by Gasteiger charge is 2.19. The molecule has 0 fully saturated rings. The van der Waals surface area contributed by atoms with Crippen molar-refractivity contribution in [2.75, 3.05) is 0 Å². The van der Waals surface area contributed by atoms with E-state index in [9.17, 15) is 17.1 Å². The first kappa shape index (κ1) is 21.9. The highest BCUT2D eigenvalue weighted by Crippen LogP contribution is 2.33. The Bertz CT molecular complexity index is 1840. The van der Waals surface area contributed by atoms with Crippen LogP contribution in [0.4, 0.5) is 3.89 Å². The normalized spacial score (nSPS) is 11.9. The number of fused-ring (bicyclic) bond motifs is 4. The minimum Gasteiger partial charge on any atom is -0.340 e.